The van der Waals surface area contributed by atoms with Gasteiger partial charge in [-0.15, -0.1) is 0 Å². The number of pyridine rings is 2. The van der Waals surface area contributed by atoms with E-state index in [1.54, 1.807) is 22.9 Å². The highest BCUT2D eigenvalue weighted by atomic mass is 19.1. The number of nitrogens with one attached hydrogen (secondary N) is 1. The lowest BCUT2D eigenvalue weighted by molar-refractivity contribution is 0.300. The summed E-state index contributed by atoms with van der Waals surface area (Å²) in [4.78, 5) is 22.5. The Bertz CT molecular complexity index is 1280. The molecule has 0 saturated carbocycles. The van der Waals surface area contributed by atoms with Gasteiger partial charge in [-0.25, -0.2) is 4.39 Å². The summed E-state index contributed by atoms with van der Waals surface area (Å²) in [6.07, 6.45) is 3.85. The molecule has 30 heavy (non-hydrogen) atoms. The summed E-state index contributed by atoms with van der Waals surface area (Å²) in [6, 6.07) is 12.1. The molecule has 0 saturated heterocycles. The summed E-state index contributed by atoms with van der Waals surface area (Å²) in [5.41, 5.74) is 4.87. The molecule has 1 N–H and O–H groups in total. The van der Waals surface area contributed by atoms with Gasteiger partial charge in [0.05, 0.1) is 17.6 Å². The van der Waals surface area contributed by atoms with Crippen LogP contribution >= 0.6 is 0 Å². The van der Waals surface area contributed by atoms with Crippen LogP contribution in [0.2, 0.25) is 0 Å². The van der Waals surface area contributed by atoms with E-state index in [0.29, 0.717) is 11.4 Å². The topological polar surface area (TPSA) is 63.1 Å². The number of hydrogen-bond acceptors (Lipinski definition) is 4. The predicted molar refractivity (Wildman–Crippen MR) is 112 cm³/mol. The second-order valence-electron chi connectivity index (χ2n) is 7.63. The lowest BCUT2D eigenvalue weighted by Gasteiger charge is -2.22. The highest BCUT2D eigenvalue weighted by Gasteiger charge is 2.18. The summed E-state index contributed by atoms with van der Waals surface area (Å²) in [7, 11) is 2.13. The Balaban J connectivity index is 1.39. The van der Waals surface area contributed by atoms with Crippen molar-refractivity contribution in [3.05, 3.63) is 88.0 Å². The molecule has 0 atom stereocenters. The zero-order chi connectivity index (χ0) is 20.7. The van der Waals surface area contributed by atoms with Crippen LogP contribution in [0.3, 0.4) is 0 Å². The van der Waals surface area contributed by atoms with Crippen LogP contribution in [0.25, 0.3) is 16.6 Å². The molecule has 0 spiro atoms. The van der Waals surface area contributed by atoms with Crippen LogP contribution in [-0.4, -0.2) is 33.0 Å². The van der Waals surface area contributed by atoms with E-state index in [1.165, 1.54) is 28.8 Å². The van der Waals surface area contributed by atoms with Crippen molar-refractivity contribution in [3.63, 3.8) is 0 Å². The number of aromatic nitrogens is 3. The van der Waals surface area contributed by atoms with E-state index in [9.17, 15) is 9.18 Å². The first kappa shape index (κ1) is 18.6. The third-order valence-corrected chi connectivity index (χ3v) is 5.49. The van der Waals surface area contributed by atoms with Gasteiger partial charge in [-0.05, 0) is 42.9 Å². The van der Waals surface area contributed by atoms with Gasteiger partial charge in [0.2, 0.25) is 0 Å². The van der Waals surface area contributed by atoms with E-state index in [4.69, 9.17) is 4.74 Å². The molecule has 6 nitrogen and oxygen atoms in total. The molecule has 152 valence electrons. The molecular weight excluding hydrogens is 383 g/mol. The molecule has 5 rings (SSSR count). The Kier molecular flexibility index (Phi) is 4.59. The van der Waals surface area contributed by atoms with Gasteiger partial charge in [0, 0.05) is 48.4 Å². The Morgan fingerprint density at radius 3 is 2.90 bits per heavy atom. The third kappa shape index (κ3) is 3.48. The van der Waals surface area contributed by atoms with Crippen molar-refractivity contribution in [1.82, 2.24) is 19.4 Å². The van der Waals surface area contributed by atoms with Crippen molar-refractivity contribution in [2.45, 2.75) is 19.6 Å². The van der Waals surface area contributed by atoms with Crippen LogP contribution in [0.1, 0.15) is 17.0 Å². The van der Waals surface area contributed by atoms with Crippen molar-refractivity contribution >= 4 is 10.9 Å². The standard InChI is InChI=1S/C23H21FN4O2/c1-27-8-7-21-20(13-27)19-5-4-17(10-22(19)26-21)28-9-6-18(11-23(28)29)30-14-16-3-2-15(24)12-25-16/h2-6,9-12,26H,7-8,13-14H2,1H3. The van der Waals surface area contributed by atoms with Crippen LogP contribution in [0.5, 0.6) is 5.75 Å². The van der Waals surface area contributed by atoms with Crippen LogP contribution in [-0.2, 0) is 19.6 Å². The van der Waals surface area contributed by atoms with Gasteiger partial charge in [0.1, 0.15) is 18.2 Å². The highest BCUT2D eigenvalue weighted by Crippen LogP contribution is 2.28. The molecule has 1 aliphatic heterocycles. The van der Waals surface area contributed by atoms with Crippen LogP contribution in [0, 0.1) is 5.82 Å². The first-order valence-corrected chi connectivity index (χ1v) is 9.85. The summed E-state index contributed by atoms with van der Waals surface area (Å²) >= 11 is 0. The van der Waals surface area contributed by atoms with Gasteiger partial charge >= 0.3 is 0 Å². The Labute approximate surface area is 172 Å². The maximum atomic E-state index is 12.9. The second-order valence-corrected chi connectivity index (χ2v) is 7.63. The lowest BCUT2D eigenvalue weighted by Crippen LogP contribution is -2.25. The fraction of sp³-hybridized carbons (Fsp3) is 0.217. The van der Waals surface area contributed by atoms with Crippen molar-refractivity contribution < 1.29 is 9.13 Å². The molecule has 1 aromatic carbocycles. The molecule has 0 aliphatic carbocycles. The maximum absolute atomic E-state index is 12.9. The van der Waals surface area contributed by atoms with E-state index in [0.717, 1.165) is 36.9 Å². The number of rotatable bonds is 4. The average molecular weight is 404 g/mol. The van der Waals surface area contributed by atoms with Gasteiger partial charge in [-0.2, -0.15) is 0 Å². The lowest BCUT2D eigenvalue weighted by atomic mass is 10.0. The minimum Gasteiger partial charge on any atom is -0.487 e. The molecule has 4 aromatic rings. The Morgan fingerprint density at radius 2 is 2.10 bits per heavy atom. The molecule has 3 aromatic heterocycles. The fourth-order valence-electron chi connectivity index (χ4n) is 3.91. The van der Waals surface area contributed by atoms with Crippen LogP contribution in [0.4, 0.5) is 4.39 Å². The number of aromatic amines is 1. The summed E-state index contributed by atoms with van der Waals surface area (Å²) in [6.45, 7) is 2.14. The van der Waals surface area contributed by atoms with Gasteiger partial charge in [0.25, 0.3) is 5.56 Å². The van der Waals surface area contributed by atoms with Crippen LogP contribution in [0.15, 0.2) is 59.7 Å². The molecule has 1 aliphatic rings. The zero-order valence-corrected chi connectivity index (χ0v) is 16.6. The van der Waals surface area contributed by atoms with Crippen molar-refractivity contribution in [1.29, 1.82) is 0 Å². The van der Waals surface area contributed by atoms with E-state index >= 15 is 0 Å². The van der Waals surface area contributed by atoms with Gasteiger partial charge in [-0.3, -0.25) is 14.3 Å². The van der Waals surface area contributed by atoms with Crippen molar-refractivity contribution in [3.8, 4) is 11.4 Å². The third-order valence-electron chi connectivity index (χ3n) is 5.49. The summed E-state index contributed by atoms with van der Waals surface area (Å²) < 4.78 is 20.2. The van der Waals surface area contributed by atoms with Gasteiger partial charge in [0.15, 0.2) is 0 Å². The van der Waals surface area contributed by atoms with Crippen LogP contribution < -0.4 is 10.3 Å². The van der Waals surface area contributed by atoms with E-state index < -0.39 is 5.82 Å². The molecule has 0 bridgehead atoms. The van der Waals surface area contributed by atoms with E-state index in [2.05, 4.69) is 28.0 Å². The number of halogens is 1. The molecule has 0 unspecified atom stereocenters. The average Bonchev–Trinajstić information content (AvgIpc) is 3.10. The van der Waals surface area contributed by atoms with E-state index in [-0.39, 0.29) is 12.2 Å². The zero-order valence-electron chi connectivity index (χ0n) is 16.6. The SMILES string of the molecule is CN1CCc2[nH]c3cc(-n4ccc(OCc5ccc(F)cn5)cc4=O)ccc3c2C1. The predicted octanol–water partition coefficient (Wildman–Crippen LogP) is 3.42. The minimum atomic E-state index is -0.395. The number of likely N-dealkylation sites (N-methyl/N-ethyl adjacent to an activating group) is 1. The molecule has 0 fully saturated rings. The van der Waals surface area contributed by atoms with Crippen molar-refractivity contribution in [2.24, 2.45) is 0 Å². The van der Waals surface area contributed by atoms with E-state index in [1.807, 2.05) is 12.1 Å². The maximum Gasteiger partial charge on any atom is 0.258 e. The largest absolute Gasteiger partial charge is 0.487 e. The molecule has 4 heterocycles. The summed E-state index contributed by atoms with van der Waals surface area (Å²) in [5.74, 6) is 0.0510. The smallest absolute Gasteiger partial charge is 0.258 e. The molecule has 0 amide bonds. The molecule has 7 heteroatoms. The quantitative estimate of drug-likeness (QED) is 0.566. The van der Waals surface area contributed by atoms with Gasteiger partial charge < -0.3 is 14.6 Å². The molecule has 0 radical (unpaired) electrons. The Hall–Kier alpha value is -3.45. The number of benzene rings is 1. The number of H-pyrrole nitrogens is 1. The molecular formula is C23H21FN4O2. The number of hydrogen-bond donors (Lipinski definition) is 1. The fourth-order valence-corrected chi connectivity index (χ4v) is 3.91. The van der Waals surface area contributed by atoms with Gasteiger partial charge in [-0.1, -0.05) is 6.07 Å². The first-order chi connectivity index (χ1) is 14.6. The number of fused-ring (bicyclic) bond motifs is 3. The first-order valence-electron chi connectivity index (χ1n) is 9.85. The monoisotopic (exact) mass is 404 g/mol. The number of ether oxygens (including phenoxy) is 1. The normalized spacial score (nSPS) is 14.1. The Morgan fingerprint density at radius 1 is 1.20 bits per heavy atom. The minimum absolute atomic E-state index is 0.165. The highest BCUT2D eigenvalue weighted by molar-refractivity contribution is 5.86. The second kappa shape index (κ2) is 7.42. The summed E-state index contributed by atoms with van der Waals surface area (Å²) in [5, 5.41) is 1.21. The van der Waals surface area contributed by atoms with Crippen molar-refractivity contribution in [2.75, 3.05) is 13.6 Å². The number of nitrogens with zero attached hydrogens (tertiary/aromatic N) is 3.